The molecule has 0 spiro atoms. The molecule has 0 aromatic carbocycles. The van der Waals surface area contributed by atoms with Gasteiger partial charge in [0.2, 0.25) is 0 Å². The fraction of sp³-hybridized carbons (Fsp3) is 1.00. The Hall–Kier alpha value is -0.170. The maximum absolute atomic E-state index is 11.6. The van der Waals surface area contributed by atoms with Crippen LogP contribution in [0, 0.1) is 17.8 Å². The van der Waals surface area contributed by atoms with Gasteiger partial charge in [-0.1, -0.05) is 20.8 Å². The van der Waals surface area contributed by atoms with Crippen LogP contribution < -0.4 is 14.8 Å². The first-order chi connectivity index (χ1) is 7.91. The average Bonchev–Trinajstić information content (AvgIpc) is 2.26. The molecule has 102 valence electrons. The molecule has 6 heteroatoms. The first kappa shape index (κ1) is 14.9. The molecule has 0 aromatic heterocycles. The summed E-state index contributed by atoms with van der Waals surface area (Å²) in [6.45, 7) is 9.11. The van der Waals surface area contributed by atoms with Gasteiger partial charge in [-0.3, -0.25) is 0 Å². The second-order valence-electron chi connectivity index (χ2n) is 5.32. The molecule has 1 aliphatic rings. The van der Waals surface area contributed by atoms with Gasteiger partial charge < -0.3 is 5.32 Å². The van der Waals surface area contributed by atoms with Crippen molar-refractivity contribution in [3.05, 3.63) is 0 Å². The van der Waals surface area contributed by atoms with Crippen LogP contribution in [0.5, 0.6) is 0 Å². The molecule has 0 aliphatic carbocycles. The zero-order valence-corrected chi connectivity index (χ0v) is 11.8. The standard InChI is InChI=1S/C11H25N3O2S/c1-9(2)6-13-17(15,16)14-8-11-4-5-12-7-10(11)3/h9-14H,4-8H2,1-3H3. The van der Waals surface area contributed by atoms with E-state index in [1.165, 1.54) is 0 Å². The van der Waals surface area contributed by atoms with E-state index < -0.39 is 10.2 Å². The number of hydrogen-bond acceptors (Lipinski definition) is 3. The van der Waals surface area contributed by atoms with Gasteiger partial charge in [0, 0.05) is 13.1 Å². The topological polar surface area (TPSA) is 70.2 Å². The smallest absolute Gasteiger partial charge is 0.276 e. The highest BCUT2D eigenvalue weighted by atomic mass is 32.2. The number of piperidine rings is 1. The van der Waals surface area contributed by atoms with Gasteiger partial charge >= 0.3 is 0 Å². The molecule has 2 unspecified atom stereocenters. The van der Waals surface area contributed by atoms with E-state index in [9.17, 15) is 8.42 Å². The van der Waals surface area contributed by atoms with E-state index in [4.69, 9.17) is 0 Å². The molecule has 0 saturated carbocycles. The van der Waals surface area contributed by atoms with E-state index in [1.807, 2.05) is 13.8 Å². The monoisotopic (exact) mass is 263 g/mol. The highest BCUT2D eigenvalue weighted by Gasteiger charge is 2.22. The molecular formula is C11H25N3O2S. The summed E-state index contributed by atoms with van der Waals surface area (Å²) < 4.78 is 28.5. The molecule has 1 aliphatic heterocycles. The van der Waals surface area contributed by atoms with Gasteiger partial charge in [-0.25, -0.2) is 9.44 Å². The Bertz CT molecular complexity index is 317. The minimum absolute atomic E-state index is 0.323. The predicted molar refractivity (Wildman–Crippen MR) is 69.9 cm³/mol. The third-order valence-electron chi connectivity index (χ3n) is 3.18. The van der Waals surface area contributed by atoms with Gasteiger partial charge in [0.1, 0.15) is 0 Å². The maximum Gasteiger partial charge on any atom is 0.276 e. The van der Waals surface area contributed by atoms with Crippen molar-refractivity contribution in [2.24, 2.45) is 17.8 Å². The van der Waals surface area contributed by atoms with Crippen LogP contribution in [-0.4, -0.2) is 34.6 Å². The average molecular weight is 263 g/mol. The predicted octanol–water partition coefficient (Wildman–Crippen LogP) is 0.312. The van der Waals surface area contributed by atoms with E-state index in [2.05, 4.69) is 21.7 Å². The van der Waals surface area contributed by atoms with Crippen LogP contribution in [0.1, 0.15) is 27.2 Å². The Morgan fingerprint density at radius 1 is 1.35 bits per heavy atom. The SMILES string of the molecule is CC(C)CNS(=O)(=O)NCC1CCNCC1C. The molecule has 0 amide bonds. The molecule has 0 aromatic rings. The Morgan fingerprint density at radius 3 is 2.65 bits per heavy atom. The van der Waals surface area contributed by atoms with Crippen molar-refractivity contribution in [2.75, 3.05) is 26.2 Å². The van der Waals surface area contributed by atoms with E-state index in [1.54, 1.807) is 0 Å². The van der Waals surface area contributed by atoms with Gasteiger partial charge in [-0.05, 0) is 37.3 Å². The van der Waals surface area contributed by atoms with E-state index in [-0.39, 0.29) is 0 Å². The minimum Gasteiger partial charge on any atom is -0.316 e. The zero-order chi connectivity index (χ0) is 12.9. The number of nitrogens with one attached hydrogen (secondary N) is 3. The van der Waals surface area contributed by atoms with Crippen LogP contribution >= 0.6 is 0 Å². The van der Waals surface area contributed by atoms with Gasteiger partial charge in [-0.15, -0.1) is 0 Å². The molecule has 1 fully saturated rings. The summed E-state index contributed by atoms with van der Waals surface area (Å²) in [7, 11) is -3.32. The molecular weight excluding hydrogens is 238 g/mol. The Kier molecular flexibility index (Phi) is 5.85. The first-order valence-electron chi connectivity index (χ1n) is 6.35. The summed E-state index contributed by atoms with van der Waals surface area (Å²) in [5.41, 5.74) is 0. The van der Waals surface area contributed by atoms with Crippen LogP contribution in [0.4, 0.5) is 0 Å². The lowest BCUT2D eigenvalue weighted by atomic mass is 9.88. The summed E-state index contributed by atoms with van der Waals surface area (Å²) in [6, 6.07) is 0. The van der Waals surface area contributed by atoms with Crippen LogP contribution in [-0.2, 0) is 10.2 Å². The fourth-order valence-electron chi connectivity index (χ4n) is 1.92. The molecule has 17 heavy (non-hydrogen) atoms. The second-order valence-corrected chi connectivity index (χ2v) is 6.91. The quantitative estimate of drug-likeness (QED) is 0.646. The minimum atomic E-state index is -3.32. The van der Waals surface area contributed by atoms with Crippen LogP contribution in [0.3, 0.4) is 0 Å². The van der Waals surface area contributed by atoms with Crippen LogP contribution in [0.2, 0.25) is 0 Å². The van der Waals surface area contributed by atoms with Gasteiger partial charge in [-0.2, -0.15) is 8.42 Å². The fourth-order valence-corrected chi connectivity index (χ4v) is 3.00. The third-order valence-corrected chi connectivity index (χ3v) is 4.27. The van der Waals surface area contributed by atoms with Crippen LogP contribution in [0.15, 0.2) is 0 Å². The lowest BCUT2D eigenvalue weighted by molar-refractivity contribution is 0.274. The van der Waals surface area contributed by atoms with Gasteiger partial charge in [0.25, 0.3) is 10.2 Å². The maximum atomic E-state index is 11.6. The van der Waals surface area contributed by atoms with Crippen LogP contribution in [0.25, 0.3) is 0 Å². The molecule has 1 heterocycles. The second kappa shape index (κ2) is 6.68. The molecule has 2 atom stereocenters. The Labute approximate surface area is 105 Å². The molecule has 0 bridgehead atoms. The lowest BCUT2D eigenvalue weighted by Crippen LogP contribution is -2.44. The van der Waals surface area contributed by atoms with E-state index in [0.29, 0.717) is 30.8 Å². The summed E-state index contributed by atoms with van der Waals surface area (Å²) in [4.78, 5) is 0. The summed E-state index contributed by atoms with van der Waals surface area (Å²) in [5.74, 6) is 1.29. The molecule has 3 N–H and O–H groups in total. The normalized spacial score (nSPS) is 26.4. The molecule has 5 nitrogen and oxygen atoms in total. The highest BCUT2D eigenvalue weighted by molar-refractivity contribution is 7.87. The van der Waals surface area contributed by atoms with Crippen molar-refractivity contribution >= 4 is 10.2 Å². The van der Waals surface area contributed by atoms with E-state index in [0.717, 1.165) is 19.5 Å². The van der Waals surface area contributed by atoms with Crippen molar-refractivity contribution in [1.29, 1.82) is 0 Å². The lowest BCUT2D eigenvalue weighted by Gasteiger charge is -2.29. The van der Waals surface area contributed by atoms with Crippen molar-refractivity contribution in [3.8, 4) is 0 Å². The largest absolute Gasteiger partial charge is 0.316 e. The van der Waals surface area contributed by atoms with Gasteiger partial charge in [0.05, 0.1) is 0 Å². The summed E-state index contributed by atoms with van der Waals surface area (Å²) in [6.07, 6.45) is 1.04. The molecule has 0 radical (unpaired) electrons. The number of rotatable bonds is 6. The highest BCUT2D eigenvalue weighted by Crippen LogP contribution is 2.17. The van der Waals surface area contributed by atoms with Crippen molar-refractivity contribution < 1.29 is 8.42 Å². The Balaban J connectivity index is 2.33. The summed E-state index contributed by atoms with van der Waals surface area (Å²) >= 11 is 0. The first-order valence-corrected chi connectivity index (χ1v) is 7.84. The van der Waals surface area contributed by atoms with Gasteiger partial charge in [0.15, 0.2) is 0 Å². The zero-order valence-electron chi connectivity index (χ0n) is 11.0. The third kappa shape index (κ3) is 5.81. The summed E-state index contributed by atoms with van der Waals surface area (Å²) in [5, 5.41) is 3.31. The molecule has 1 saturated heterocycles. The van der Waals surface area contributed by atoms with Crippen molar-refractivity contribution in [3.63, 3.8) is 0 Å². The Morgan fingerprint density at radius 2 is 2.06 bits per heavy atom. The number of hydrogen-bond donors (Lipinski definition) is 3. The van der Waals surface area contributed by atoms with Crippen molar-refractivity contribution in [1.82, 2.24) is 14.8 Å². The van der Waals surface area contributed by atoms with E-state index >= 15 is 0 Å². The van der Waals surface area contributed by atoms with Crippen molar-refractivity contribution in [2.45, 2.75) is 27.2 Å². The molecule has 1 rings (SSSR count).